The molecule has 0 saturated heterocycles. The van der Waals surface area contributed by atoms with Crippen molar-refractivity contribution in [3.63, 3.8) is 0 Å². The highest BCUT2D eigenvalue weighted by atomic mass is 32.2. The summed E-state index contributed by atoms with van der Waals surface area (Å²) in [6.45, 7) is 1.76. The Morgan fingerprint density at radius 2 is 0.853 bits per heavy atom. The molecule has 16 nitrogen and oxygen atoms in total. The molecular formula is C52H38O16S7. The Labute approximate surface area is 451 Å². The Balaban J connectivity index is 0.934. The van der Waals surface area contributed by atoms with E-state index in [1.807, 2.05) is 60.7 Å². The lowest BCUT2D eigenvalue weighted by atomic mass is 10.0. The predicted molar refractivity (Wildman–Crippen MR) is 282 cm³/mol. The second-order valence-corrected chi connectivity index (χ2v) is 23.3. The number of aryl methyl sites for hydroxylation is 1. The van der Waals surface area contributed by atoms with E-state index >= 15 is 0 Å². The van der Waals surface area contributed by atoms with Gasteiger partial charge in [0.25, 0.3) is 20.2 Å². The molecule has 23 heteroatoms. The van der Waals surface area contributed by atoms with Crippen molar-refractivity contribution < 1.29 is 74.3 Å². The van der Waals surface area contributed by atoms with Crippen LogP contribution in [0.25, 0.3) is 11.1 Å². The summed E-state index contributed by atoms with van der Waals surface area (Å²) >= 11 is 5.20. The second-order valence-electron chi connectivity index (χ2n) is 15.6. The highest BCUT2D eigenvalue weighted by Gasteiger charge is 2.24. The van der Waals surface area contributed by atoms with E-state index in [0.717, 1.165) is 61.0 Å². The second kappa shape index (κ2) is 24.8. The molecule has 0 unspecified atom stereocenters. The van der Waals surface area contributed by atoms with Crippen molar-refractivity contribution in [2.24, 2.45) is 0 Å². The zero-order valence-corrected chi connectivity index (χ0v) is 44.4. The van der Waals surface area contributed by atoms with Gasteiger partial charge in [0.05, 0.1) is 36.1 Å². The monoisotopic (exact) mass is 1140 g/mol. The minimum Gasteiger partial charge on any atom is -0.497 e. The normalized spacial score (nSPS) is 11.6. The molecule has 75 heavy (non-hydrogen) atoms. The van der Waals surface area contributed by atoms with Crippen LogP contribution in [0.1, 0.15) is 37.4 Å². The summed E-state index contributed by atoms with van der Waals surface area (Å²) in [7, 11) is -8.04. The summed E-state index contributed by atoms with van der Waals surface area (Å²) in [4.78, 5) is 31.1. The van der Waals surface area contributed by atoms with Gasteiger partial charge in [0.1, 0.15) is 27.0 Å². The fraction of sp³-hybridized carbons (Fsp3) is 0.0385. The number of carbonyl (C=O) groups excluding carboxylic acids is 2. The van der Waals surface area contributed by atoms with Crippen LogP contribution in [0.15, 0.2) is 219 Å². The van der Waals surface area contributed by atoms with E-state index in [-0.39, 0.29) is 38.6 Å². The number of rotatable bonds is 22. The van der Waals surface area contributed by atoms with Gasteiger partial charge < -0.3 is 9.47 Å². The first-order valence-electron chi connectivity index (χ1n) is 21.5. The van der Waals surface area contributed by atoms with Gasteiger partial charge >= 0.3 is 0 Å². The first-order valence-corrected chi connectivity index (χ1v) is 28.3. The van der Waals surface area contributed by atoms with Crippen molar-refractivity contribution in [2.45, 2.75) is 55.9 Å². The third-order valence-corrected chi connectivity index (χ3v) is 17.4. The number of carbonyl (C=O) groups is 2. The number of hydrogen-bond acceptors (Lipinski definition) is 19. The van der Waals surface area contributed by atoms with Gasteiger partial charge in [-0.3, -0.25) is 18.7 Å². The van der Waals surface area contributed by atoms with Gasteiger partial charge in [-0.05, 0) is 157 Å². The molecule has 8 rings (SSSR count). The molecule has 0 atom stereocenters. The first-order chi connectivity index (χ1) is 36.0. The molecule has 0 saturated carbocycles. The number of benzene rings is 8. The molecule has 0 bridgehead atoms. The van der Waals surface area contributed by atoms with Crippen LogP contribution < -0.4 is 9.47 Å². The van der Waals surface area contributed by atoms with Crippen molar-refractivity contribution in [1.82, 2.24) is 0 Å². The van der Waals surface area contributed by atoms with Crippen LogP contribution in [0.2, 0.25) is 0 Å². The Bertz CT molecular complexity index is 3600. The molecule has 0 amide bonds. The summed E-state index contributed by atoms with van der Waals surface area (Å²) < 4.78 is 91.0. The van der Waals surface area contributed by atoms with Crippen LogP contribution in [-0.2, 0) is 39.0 Å². The molecular weight excluding hydrogens is 1110 g/mol. The lowest BCUT2D eigenvalue weighted by molar-refractivity contribution is -0.432. The summed E-state index contributed by atoms with van der Waals surface area (Å²) in [5, 5.41) is 25.0. The van der Waals surface area contributed by atoms with E-state index in [0.29, 0.717) is 43.7 Å². The highest BCUT2D eigenvalue weighted by Crippen LogP contribution is 2.40. The first kappa shape index (κ1) is 55.3. The molecule has 0 aromatic heterocycles. The van der Waals surface area contributed by atoms with E-state index in [4.69, 9.17) is 24.3 Å². The van der Waals surface area contributed by atoms with Gasteiger partial charge in [0.2, 0.25) is 0 Å². The summed E-state index contributed by atoms with van der Waals surface area (Å²) in [6.07, 6.45) is 0. The van der Waals surface area contributed by atoms with E-state index in [1.165, 1.54) is 66.0 Å². The Kier molecular flexibility index (Phi) is 18.3. The smallest absolute Gasteiger partial charge is 0.298 e. The van der Waals surface area contributed by atoms with Crippen LogP contribution >= 0.6 is 59.4 Å². The van der Waals surface area contributed by atoms with Crippen molar-refractivity contribution in [2.75, 3.05) is 7.11 Å². The standard InChI is InChI=1S/C52H38O16S7/c1-31-3-4-34(27-47(31)72-67-65-55)51(53)37-11-26-46(50(30-37)75(60,61)62)71-43-18-7-33(8-19-43)32-5-16-42(17-6-32)70-45-25-10-35(28-48(45)73-68-66-56)52(54)36-9-24-44(49(29-36)74(57,58)59)64-39-14-22-41(23-15-39)69-40-20-12-38(63-2)13-21-40/h3-30,55-56H,1-2H3,(H,57,58,59)(H,60,61,62). The summed E-state index contributed by atoms with van der Waals surface area (Å²) in [6, 6.07) is 46.2. The third-order valence-electron chi connectivity index (χ3n) is 10.8. The molecule has 0 spiro atoms. The lowest BCUT2D eigenvalue weighted by Gasteiger charge is -2.13. The van der Waals surface area contributed by atoms with Crippen LogP contribution in [0, 0.1) is 6.92 Å². The SMILES string of the molecule is COc1ccc(Sc2ccc(Oc3ccc(C(=O)c4ccc(Sc5ccc(-c6ccc(Sc7ccc(C(=O)c8ccc(C)c(SOOO)c8)cc7S(=O)(=O)O)cc6)cc5)c(SOOO)c4)cc3S(=O)(=O)O)cc2)cc1. The van der Waals surface area contributed by atoms with Crippen molar-refractivity contribution >= 4 is 91.2 Å². The summed E-state index contributed by atoms with van der Waals surface area (Å²) in [5.41, 5.74) is 2.68. The minimum atomic E-state index is -4.87. The van der Waals surface area contributed by atoms with E-state index < -0.39 is 41.6 Å². The Hall–Kier alpha value is -5.97. The molecule has 0 aliphatic heterocycles. The molecule has 384 valence electrons. The number of methoxy groups -OCH3 is 1. The van der Waals surface area contributed by atoms with Gasteiger partial charge in [-0.15, -0.1) is 8.67 Å². The maximum Gasteiger partial charge on any atom is 0.298 e. The van der Waals surface area contributed by atoms with E-state index in [1.54, 1.807) is 68.6 Å². The van der Waals surface area contributed by atoms with Crippen molar-refractivity contribution in [3.05, 3.63) is 198 Å². The number of hydrogen-bond donors (Lipinski definition) is 4. The van der Waals surface area contributed by atoms with Gasteiger partial charge in [0, 0.05) is 56.5 Å². The fourth-order valence-electron chi connectivity index (χ4n) is 7.10. The minimum absolute atomic E-state index is 0.0152. The molecule has 8 aromatic rings. The Morgan fingerprint density at radius 3 is 1.37 bits per heavy atom. The quantitative estimate of drug-likeness (QED) is 0.0162. The molecule has 0 aliphatic rings. The van der Waals surface area contributed by atoms with E-state index in [2.05, 4.69) is 14.4 Å². The molecule has 0 fully saturated rings. The Morgan fingerprint density at radius 1 is 0.440 bits per heavy atom. The molecule has 0 radical (unpaired) electrons. The topological polar surface area (TPSA) is 239 Å². The van der Waals surface area contributed by atoms with Gasteiger partial charge in [-0.25, -0.2) is 10.5 Å². The number of ketones is 2. The highest BCUT2D eigenvalue weighted by molar-refractivity contribution is 8.01. The van der Waals surface area contributed by atoms with Crippen LogP contribution in [0.5, 0.6) is 17.2 Å². The van der Waals surface area contributed by atoms with E-state index in [9.17, 15) is 35.5 Å². The molecule has 0 aliphatic carbocycles. The maximum absolute atomic E-state index is 13.8. The van der Waals surface area contributed by atoms with Gasteiger partial charge in [-0.1, -0.05) is 81.8 Å². The summed E-state index contributed by atoms with van der Waals surface area (Å²) in [5.74, 6) is -0.293. The van der Waals surface area contributed by atoms with Crippen molar-refractivity contribution in [3.8, 4) is 28.4 Å². The molecule has 8 aromatic carbocycles. The van der Waals surface area contributed by atoms with Crippen LogP contribution in [-0.4, -0.2) is 55.1 Å². The van der Waals surface area contributed by atoms with Gasteiger partial charge in [0.15, 0.2) is 11.6 Å². The zero-order valence-electron chi connectivity index (χ0n) is 38.7. The largest absolute Gasteiger partial charge is 0.497 e. The fourth-order valence-corrected chi connectivity index (χ4v) is 12.4. The molecule has 0 heterocycles. The van der Waals surface area contributed by atoms with Gasteiger partial charge in [-0.2, -0.15) is 16.8 Å². The third kappa shape index (κ3) is 14.3. The molecule has 4 N–H and O–H groups in total. The average Bonchev–Trinajstić information content (AvgIpc) is 3.41. The maximum atomic E-state index is 13.8. The van der Waals surface area contributed by atoms with Crippen LogP contribution in [0.4, 0.5) is 0 Å². The number of ether oxygens (including phenoxy) is 2. The average molecular weight is 1140 g/mol. The van der Waals surface area contributed by atoms with Crippen molar-refractivity contribution in [1.29, 1.82) is 0 Å². The lowest BCUT2D eigenvalue weighted by Crippen LogP contribution is -2.07. The predicted octanol–water partition coefficient (Wildman–Crippen LogP) is 13.7. The zero-order chi connectivity index (χ0) is 53.3. The van der Waals surface area contributed by atoms with Crippen LogP contribution in [0.3, 0.4) is 0 Å².